The molecule has 0 atom stereocenters. The minimum Gasteiger partial charge on any atom is -0.894 e. The Kier molecular flexibility index (Phi) is 26.4. The molecule has 0 unspecified atom stereocenters. The molecule has 0 N–H and O–H groups in total. The zero-order chi connectivity index (χ0) is 9.00. The van der Waals surface area contributed by atoms with Gasteiger partial charge in [0.2, 0.25) is 0 Å². The fourth-order valence-corrected chi connectivity index (χ4v) is 0. The average molecular weight is 323 g/mol. The molecule has 0 aliphatic carbocycles. The van der Waals surface area contributed by atoms with Gasteiger partial charge in [-0.05, 0) is 0 Å². The fraction of sp³-hybridized carbons (Fsp3) is 0. The molecular formula is H8AlGeO8PSi2. The van der Waals surface area contributed by atoms with Gasteiger partial charge in [0, 0.05) is 0 Å². The van der Waals surface area contributed by atoms with Gasteiger partial charge in [0.25, 0.3) is 0 Å². The first-order chi connectivity index (χ1) is 4.00. The first-order valence-corrected chi connectivity index (χ1v) is 4.90. The van der Waals surface area contributed by atoms with Crippen molar-refractivity contribution < 1.29 is 38.4 Å². The van der Waals surface area contributed by atoms with Crippen molar-refractivity contribution in [2.24, 2.45) is 0 Å². The maximum atomic E-state index is 8.58. The third-order valence-corrected chi connectivity index (χ3v) is 0. The van der Waals surface area contributed by atoms with Gasteiger partial charge in [-0.1, -0.05) is 0 Å². The normalized spacial score (nSPS) is 9.23. The third kappa shape index (κ3) is 701. The van der Waals surface area contributed by atoms with E-state index in [1.165, 1.54) is 0 Å². The first kappa shape index (κ1) is 29.3. The van der Waals surface area contributed by atoms with Gasteiger partial charge in [-0.25, -0.2) is 0 Å². The molecule has 0 aromatic heterocycles. The Morgan fingerprint density at radius 2 is 0.538 bits per heavy atom. The van der Waals surface area contributed by atoms with E-state index in [9.17, 15) is 0 Å². The smallest absolute Gasteiger partial charge is 0.295 e. The van der Waals surface area contributed by atoms with E-state index in [-0.39, 0.29) is 44.9 Å². The monoisotopic (exact) mass is 324 g/mol. The quantitative estimate of drug-likeness (QED) is 0.310. The summed E-state index contributed by atoms with van der Waals surface area (Å²) in [5.41, 5.74) is 0. The van der Waals surface area contributed by atoms with Gasteiger partial charge in [-0.2, -0.15) is 0 Å². The molecule has 0 rings (SSSR count). The van der Waals surface area contributed by atoms with Crippen LogP contribution in [-0.2, 0) is 0 Å². The van der Waals surface area contributed by atoms with E-state index >= 15 is 0 Å². The number of hydrogen-bond donors (Lipinski definition) is 0. The number of rotatable bonds is 0. The summed E-state index contributed by atoms with van der Waals surface area (Å²) < 4.78 is 0. The molecule has 0 spiro atoms. The van der Waals surface area contributed by atoms with Crippen LogP contribution in [0.1, 0.15) is 0 Å². The van der Waals surface area contributed by atoms with Crippen molar-refractivity contribution in [2.75, 3.05) is 0 Å². The third-order valence-electron chi connectivity index (χ3n) is 0. The Balaban J connectivity index is -0.0000000267. The van der Waals surface area contributed by atoms with Crippen LogP contribution >= 0.6 is 9.90 Å². The number of hydrogen-bond acceptors (Lipinski definition) is 8. The van der Waals surface area contributed by atoms with E-state index in [2.05, 4.69) is 0 Å². The molecule has 0 aromatic carbocycles. The molecule has 8 nitrogen and oxygen atoms in total. The molecule has 0 fully saturated rings. The summed E-state index contributed by atoms with van der Waals surface area (Å²) in [6, 6.07) is 0. The van der Waals surface area contributed by atoms with E-state index in [1.54, 1.807) is 0 Å². The molecule has 13 heteroatoms. The van der Waals surface area contributed by atoms with Crippen LogP contribution in [0.5, 0.6) is 0 Å². The summed E-state index contributed by atoms with van der Waals surface area (Å²) in [6.07, 6.45) is 0. The van der Waals surface area contributed by atoms with Gasteiger partial charge in [0.1, 0.15) is 0 Å². The van der Waals surface area contributed by atoms with Crippen molar-refractivity contribution >= 4 is 63.0 Å². The fourth-order valence-electron chi connectivity index (χ4n) is 0. The summed E-state index contributed by atoms with van der Waals surface area (Å²) in [4.78, 5) is 68.6. The maximum Gasteiger partial charge on any atom is -0.295 e. The van der Waals surface area contributed by atoms with Gasteiger partial charge in [0.05, 0.1) is 0 Å². The SMILES string of the molecule is [Al+3].[GeH2+2].[O-][Si]([O-])([O-])[O-].[O-][Si]([O-])([O-])[O-].[PH6+3]. The van der Waals surface area contributed by atoms with Crippen LogP contribution in [0.4, 0.5) is 0 Å². The molecule has 0 saturated carbocycles. The molecule has 0 radical (unpaired) electrons. The van der Waals surface area contributed by atoms with Gasteiger partial charge >= 0.3 is 35.0 Å². The van der Waals surface area contributed by atoms with Gasteiger partial charge in [0.15, 0.2) is 0 Å². The summed E-state index contributed by atoms with van der Waals surface area (Å²) >= 11 is 0. The maximum absolute atomic E-state index is 8.58. The van der Waals surface area contributed by atoms with E-state index in [0.717, 1.165) is 0 Å². The zero-order valence-electron chi connectivity index (χ0n) is 5.55. The Bertz CT molecular complexity index is 65.1. The second-order valence-corrected chi connectivity index (χ2v) is 3.00. The van der Waals surface area contributed by atoms with Crippen LogP contribution in [0.25, 0.3) is 0 Å². The Morgan fingerprint density at radius 1 is 0.538 bits per heavy atom. The van der Waals surface area contributed by atoms with E-state index in [0.29, 0.717) is 0 Å². The van der Waals surface area contributed by atoms with Crippen molar-refractivity contribution in [2.45, 2.75) is 0 Å². The topological polar surface area (TPSA) is 184 Å². The van der Waals surface area contributed by atoms with Crippen molar-refractivity contribution in [3.63, 3.8) is 0 Å². The molecule has 0 aliphatic rings. The Hall–Kier alpha value is 1.62. The predicted octanol–water partition coefficient (Wildman–Crippen LogP) is -12.3. The van der Waals surface area contributed by atoms with Crippen LogP contribution in [0.15, 0.2) is 0 Å². The van der Waals surface area contributed by atoms with Gasteiger partial charge in [-0.3, -0.25) is 9.90 Å². The Morgan fingerprint density at radius 3 is 0.538 bits per heavy atom. The van der Waals surface area contributed by atoms with E-state index in [4.69, 9.17) is 38.4 Å². The van der Waals surface area contributed by atoms with Crippen LogP contribution in [0.3, 0.4) is 0 Å². The second-order valence-electron chi connectivity index (χ2n) is 1.00. The van der Waals surface area contributed by atoms with Crippen LogP contribution in [-0.4, -0.2) is 53.1 Å². The first-order valence-electron chi connectivity index (χ1n) is 1.63. The minimum absolute atomic E-state index is 0. The molecule has 0 saturated heterocycles. The van der Waals surface area contributed by atoms with E-state index < -0.39 is 18.1 Å². The molecule has 76 valence electrons. The Labute approximate surface area is 101 Å². The van der Waals surface area contributed by atoms with Crippen molar-refractivity contribution in [3.8, 4) is 0 Å². The second kappa shape index (κ2) is 11.7. The molecule has 0 heterocycles. The molecule has 13 heavy (non-hydrogen) atoms. The van der Waals surface area contributed by atoms with Gasteiger partial charge in [-0.15, -0.1) is 0 Å². The molecule has 0 aromatic rings. The van der Waals surface area contributed by atoms with E-state index in [1.807, 2.05) is 0 Å². The molecule has 0 bridgehead atoms. The van der Waals surface area contributed by atoms with Gasteiger partial charge < -0.3 is 56.5 Å². The van der Waals surface area contributed by atoms with Crippen molar-refractivity contribution in [1.29, 1.82) is 0 Å². The molecule has 0 aliphatic heterocycles. The molecule has 0 amide bonds. The van der Waals surface area contributed by atoms with Crippen molar-refractivity contribution in [3.05, 3.63) is 0 Å². The summed E-state index contributed by atoms with van der Waals surface area (Å²) in [5.74, 6) is 0. The standard InChI is InChI=1S/Al.GeH2.2O4Si.H6P/c;;2*1-5(2,3)4;/h;1H2;;;1H6/q+3;+2;2*-4;+3. The molecular weight excluding hydrogens is 315 g/mol. The summed E-state index contributed by atoms with van der Waals surface area (Å²) in [5, 5.41) is 0. The van der Waals surface area contributed by atoms with Crippen LogP contribution in [0.2, 0.25) is 0 Å². The average Bonchev–Trinajstić information content (AvgIpc) is 1.12. The van der Waals surface area contributed by atoms with Crippen molar-refractivity contribution in [1.82, 2.24) is 0 Å². The summed E-state index contributed by atoms with van der Waals surface area (Å²) in [7, 11) is -11.2. The minimum atomic E-state index is -5.61. The summed E-state index contributed by atoms with van der Waals surface area (Å²) in [6.45, 7) is 0. The van der Waals surface area contributed by atoms with Crippen LogP contribution < -0.4 is 38.4 Å². The zero-order valence-corrected chi connectivity index (χ0v) is 11.7. The largest absolute Gasteiger partial charge is 0.894 e. The predicted molar refractivity (Wildman–Crippen MR) is 41.1 cm³/mol. The van der Waals surface area contributed by atoms with Crippen LogP contribution in [0, 0.1) is 0 Å².